The van der Waals surface area contributed by atoms with Crippen LogP contribution in [-0.2, 0) is 0 Å². The summed E-state index contributed by atoms with van der Waals surface area (Å²) in [4.78, 5) is 14.3. The van der Waals surface area contributed by atoms with E-state index in [9.17, 15) is 18.0 Å². The number of hydrogen-bond acceptors (Lipinski definition) is 4. The van der Waals surface area contributed by atoms with Crippen LogP contribution in [0.3, 0.4) is 0 Å². The zero-order valence-electron chi connectivity index (χ0n) is 7.84. The molecular formula is C8H5F3INO3. The van der Waals surface area contributed by atoms with Gasteiger partial charge in [-0.1, -0.05) is 0 Å². The normalized spacial score (nSPS) is 11.1. The van der Waals surface area contributed by atoms with Gasteiger partial charge in [-0.05, 0) is 22.6 Å². The van der Waals surface area contributed by atoms with Crippen molar-refractivity contribution in [1.29, 1.82) is 0 Å². The molecular weight excluding hydrogens is 342 g/mol. The summed E-state index contributed by atoms with van der Waals surface area (Å²) in [6, 6.07) is 0.902. The van der Waals surface area contributed by atoms with Gasteiger partial charge in [-0.2, -0.15) is 0 Å². The van der Waals surface area contributed by atoms with Crippen LogP contribution in [0.1, 0.15) is 10.4 Å². The van der Waals surface area contributed by atoms with Crippen molar-refractivity contribution in [3.05, 3.63) is 15.3 Å². The van der Waals surface area contributed by atoms with Crippen molar-refractivity contribution in [2.75, 3.05) is 7.11 Å². The zero-order valence-corrected chi connectivity index (χ0v) is 10.00. The number of nitrogens with zero attached hydrogens (tertiary/aromatic N) is 1. The highest BCUT2D eigenvalue weighted by atomic mass is 127. The van der Waals surface area contributed by atoms with Crippen LogP contribution in [0.15, 0.2) is 6.07 Å². The number of rotatable bonds is 3. The van der Waals surface area contributed by atoms with E-state index in [0.29, 0.717) is 0 Å². The lowest BCUT2D eigenvalue weighted by atomic mass is 10.3. The number of ether oxygens (including phenoxy) is 2. The van der Waals surface area contributed by atoms with Crippen LogP contribution in [0.5, 0.6) is 11.6 Å². The smallest absolute Gasteiger partial charge is 0.481 e. The van der Waals surface area contributed by atoms with E-state index < -0.39 is 12.1 Å². The first kappa shape index (κ1) is 13.0. The van der Waals surface area contributed by atoms with E-state index in [1.54, 1.807) is 22.6 Å². The summed E-state index contributed by atoms with van der Waals surface area (Å²) in [5.41, 5.74) is -0.265. The first-order chi connectivity index (χ1) is 7.37. The van der Waals surface area contributed by atoms with Gasteiger partial charge in [-0.3, -0.25) is 4.79 Å². The Kier molecular flexibility index (Phi) is 3.94. The highest BCUT2D eigenvalue weighted by Gasteiger charge is 2.33. The molecule has 0 saturated carbocycles. The number of hydrogen-bond donors (Lipinski definition) is 0. The second kappa shape index (κ2) is 4.85. The van der Waals surface area contributed by atoms with Gasteiger partial charge in [0, 0.05) is 6.07 Å². The molecule has 0 unspecified atom stereocenters. The van der Waals surface area contributed by atoms with Gasteiger partial charge in [0.2, 0.25) is 5.88 Å². The summed E-state index contributed by atoms with van der Waals surface area (Å²) in [6.07, 6.45) is -4.62. The lowest BCUT2D eigenvalue weighted by molar-refractivity contribution is -0.274. The van der Waals surface area contributed by atoms with Gasteiger partial charge < -0.3 is 9.47 Å². The summed E-state index contributed by atoms with van der Waals surface area (Å²) in [5.74, 6) is -0.687. The summed E-state index contributed by atoms with van der Waals surface area (Å²) in [5, 5.41) is 0. The number of halogens is 4. The van der Waals surface area contributed by atoms with Gasteiger partial charge >= 0.3 is 6.36 Å². The highest BCUT2D eigenvalue weighted by molar-refractivity contribution is 14.1. The molecule has 1 rings (SSSR count). The van der Waals surface area contributed by atoms with Crippen LogP contribution in [0.25, 0.3) is 0 Å². The van der Waals surface area contributed by atoms with Crippen molar-refractivity contribution in [3.8, 4) is 11.6 Å². The summed E-state index contributed by atoms with van der Waals surface area (Å²) < 4.78 is 44.5. The average molecular weight is 347 g/mol. The van der Waals surface area contributed by atoms with Gasteiger partial charge in [-0.25, -0.2) is 4.98 Å². The molecule has 8 heteroatoms. The number of aldehydes is 1. The largest absolute Gasteiger partial charge is 0.573 e. The van der Waals surface area contributed by atoms with Crippen LogP contribution in [0.4, 0.5) is 13.2 Å². The maximum atomic E-state index is 12.0. The number of alkyl halides is 3. The average Bonchev–Trinajstić information content (AvgIpc) is 2.14. The monoisotopic (exact) mass is 347 g/mol. The topological polar surface area (TPSA) is 48.4 Å². The molecule has 0 saturated heterocycles. The van der Waals surface area contributed by atoms with Crippen LogP contribution in [-0.4, -0.2) is 24.7 Å². The second-order valence-electron chi connectivity index (χ2n) is 2.53. The number of methoxy groups -OCH3 is 1. The summed E-state index contributed by atoms with van der Waals surface area (Å²) >= 11 is 1.62. The molecule has 0 amide bonds. The molecule has 4 nitrogen and oxygen atoms in total. The van der Waals surface area contributed by atoms with Gasteiger partial charge in [0.15, 0.2) is 6.29 Å². The minimum atomic E-state index is -4.87. The molecule has 0 aromatic carbocycles. The molecule has 1 heterocycles. The molecule has 0 aliphatic carbocycles. The summed E-state index contributed by atoms with van der Waals surface area (Å²) in [6.45, 7) is 0. The van der Waals surface area contributed by atoms with Crippen LogP contribution in [0.2, 0.25) is 0 Å². The molecule has 0 aliphatic heterocycles. The Morgan fingerprint density at radius 2 is 2.12 bits per heavy atom. The van der Waals surface area contributed by atoms with Crippen LogP contribution >= 0.6 is 22.6 Å². The minimum absolute atomic E-state index is 0.0609. The van der Waals surface area contributed by atoms with Gasteiger partial charge in [0.25, 0.3) is 0 Å². The van der Waals surface area contributed by atoms with Gasteiger partial charge in [0.05, 0.1) is 12.7 Å². The molecule has 88 valence electrons. The lowest BCUT2D eigenvalue weighted by Crippen LogP contribution is -2.18. The minimum Gasteiger partial charge on any atom is -0.481 e. The first-order valence-corrected chi connectivity index (χ1v) is 4.90. The van der Waals surface area contributed by atoms with Crippen molar-refractivity contribution in [2.45, 2.75) is 6.36 Å². The zero-order chi connectivity index (χ0) is 12.3. The van der Waals surface area contributed by atoms with E-state index >= 15 is 0 Å². The third kappa shape index (κ3) is 3.22. The van der Waals surface area contributed by atoms with Gasteiger partial charge in [-0.15, -0.1) is 13.2 Å². The fourth-order valence-electron chi connectivity index (χ4n) is 0.901. The molecule has 16 heavy (non-hydrogen) atoms. The van der Waals surface area contributed by atoms with Crippen molar-refractivity contribution >= 4 is 28.9 Å². The third-order valence-corrected chi connectivity index (χ3v) is 2.33. The molecule has 0 bridgehead atoms. The standard InChI is InChI=1S/C8H5F3INO3/c1-15-6-2-5(16-8(9,10)11)4(3-14)7(12)13-6/h2-3H,1H3. The van der Waals surface area contributed by atoms with E-state index in [4.69, 9.17) is 0 Å². The highest BCUT2D eigenvalue weighted by Crippen LogP contribution is 2.30. The first-order valence-electron chi connectivity index (χ1n) is 3.83. The van der Waals surface area contributed by atoms with Crippen molar-refractivity contribution in [2.24, 2.45) is 0 Å². The van der Waals surface area contributed by atoms with E-state index in [-0.39, 0.29) is 21.4 Å². The molecule has 0 spiro atoms. The predicted molar refractivity (Wildman–Crippen MR) is 55.6 cm³/mol. The third-order valence-electron chi connectivity index (χ3n) is 1.50. The Balaban J connectivity index is 3.23. The molecule has 1 aromatic rings. The quantitative estimate of drug-likeness (QED) is 0.479. The Bertz CT molecular complexity index is 408. The molecule has 0 aliphatic rings. The predicted octanol–water partition coefficient (Wildman–Crippen LogP) is 2.41. The van der Waals surface area contributed by atoms with Crippen LogP contribution < -0.4 is 9.47 Å². The maximum absolute atomic E-state index is 12.0. The lowest BCUT2D eigenvalue weighted by Gasteiger charge is -2.12. The molecule has 0 N–H and O–H groups in total. The number of aromatic nitrogens is 1. The number of carbonyl (C=O) groups is 1. The van der Waals surface area contributed by atoms with Crippen LogP contribution in [0, 0.1) is 3.70 Å². The molecule has 0 radical (unpaired) electrons. The second-order valence-corrected chi connectivity index (χ2v) is 3.55. The van der Waals surface area contributed by atoms with E-state index in [0.717, 1.165) is 6.07 Å². The fourth-order valence-corrected chi connectivity index (χ4v) is 1.53. The Labute approximate surface area is 102 Å². The van der Waals surface area contributed by atoms with Crippen molar-refractivity contribution in [1.82, 2.24) is 4.98 Å². The van der Waals surface area contributed by atoms with E-state index in [1.807, 2.05) is 0 Å². The van der Waals surface area contributed by atoms with Crippen molar-refractivity contribution < 1.29 is 27.4 Å². The SMILES string of the molecule is COc1cc(OC(F)(F)F)c(C=O)c(I)n1. The fraction of sp³-hybridized carbons (Fsp3) is 0.250. The Morgan fingerprint density at radius 1 is 1.50 bits per heavy atom. The summed E-state index contributed by atoms with van der Waals surface area (Å²) in [7, 11) is 1.25. The number of pyridine rings is 1. The van der Waals surface area contributed by atoms with E-state index in [1.165, 1.54) is 7.11 Å². The molecule has 0 fully saturated rings. The van der Waals surface area contributed by atoms with E-state index in [2.05, 4.69) is 14.5 Å². The maximum Gasteiger partial charge on any atom is 0.573 e. The Morgan fingerprint density at radius 3 is 2.56 bits per heavy atom. The molecule has 0 atom stereocenters. The number of carbonyl (C=O) groups excluding carboxylic acids is 1. The molecule has 1 aromatic heterocycles. The van der Waals surface area contributed by atoms with Gasteiger partial charge in [0.1, 0.15) is 9.45 Å². The van der Waals surface area contributed by atoms with Crippen molar-refractivity contribution in [3.63, 3.8) is 0 Å². The Hall–Kier alpha value is -1.06.